The Hall–Kier alpha value is -9.30. The van der Waals surface area contributed by atoms with Gasteiger partial charge in [-0.3, -0.25) is 71.9 Å². The number of carbonyl (C=O) groups excluding carboxylic acids is 12. The van der Waals surface area contributed by atoms with Crippen molar-refractivity contribution in [1.29, 1.82) is 0 Å². The van der Waals surface area contributed by atoms with Crippen LogP contribution in [0.5, 0.6) is 0 Å². The van der Waals surface area contributed by atoms with Gasteiger partial charge in [0.25, 0.3) is 0 Å². The zero-order valence-corrected chi connectivity index (χ0v) is 50.8. The van der Waals surface area contributed by atoms with Crippen molar-refractivity contribution < 1.29 is 97.1 Å². The topological polar surface area (TPSA) is 552 Å². The van der Waals surface area contributed by atoms with Gasteiger partial charge >= 0.3 is 23.9 Å². The lowest BCUT2D eigenvalue weighted by Gasteiger charge is -2.30. The lowest BCUT2D eigenvalue weighted by Crippen LogP contribution is -2.61. The molecule has 0 spiro atoms. The maximum Gasteiger partial charge on any atom is 0.326 e. The number of nitrogens with two attached hydrogens (primary N) is 3. The van der Waals surface area contributed by atoms with Gasteiger partial charge in [0.2, 0.25) is 70.9 Å². The Balaban J connectivity index is 3.66. The number of amides is 12. The van der Waals surface area contributed by atoms with Crippen molar-refractivity contribution in [1.82, 2.24) is 53.2 Å². The van der Waals surface area contributed by atoms with Crippen molar-refractivity contribution in [3.63, 3.8) is 0 Å². The third-order valence-corrected chi connectivity index (χ3v) is 13.5. The number of carboxylic acids is 4. The molecule has 0 saturated carbocycles. The number of nitrogens with one attached hydrogen (secondary N) is 10. The Morgan fingerprint density at radius 3 is 1.18 bits per heavy atom. The Kier molecular flexibility index (Phi) is 34.5. The highest BCUT2D eigenvalue weighted by molar-refractivity contribution is 6.00. The summed E-state index contributed by atoms with van der Waals surface area (Å²) >= 11 is 0. The summed E-state index contributed by atoms with van der Waals surface area (Å²) in [7, 11) is 0. The number of benzene rings is 1. The third-order valence-electron chi connectivity index (χ3n) is 13.5. The average molecular weight is 1260 g/mol. The lowest BCUT2D eigenvalue weighted by molar-refractivity contribution is -0.144. The van der Waals surface area contributed by atoms with Crippen LogP contribution in [-0.2, 0) is 83.1 Å². The van der Waals surface area contributed by atoms with Crippen LogP contribution in [0.3, 0.4) is 0 Å². The summed E-state index contributed by atoms with van der Waals surface area (Å²) in [5.41, 5.74) is 16.6. The second-order valence-electron chi connectivity index (χ2n) is 22.1. The Morgan fingerprint density at radius 1 is 0.416 bits per heavy atom. The monoisotopic (exact) mass is 1260 g/mol. The summed E-state index contributed by atoms with van der Waals surface area (Å²) in [6.45, 7) is 10.8. The molecule has 0 fully saturated rings. The second-order valence-corrected chi connectivity index (χ2v) is 22.1. The van der Waals surface area contributed by atoms with Gasteiger partial charge in [0, 0.05) is 32.1 Å². The molecule has 0 aliphatic carbocycles. The van der Waals surface area contributed by atoms with Crippen LogP contribution in [0, 0.1) is 17.8 Å². The minimum Gasteiger partial charge on any atom is -0.481 e. The fourth-order valence-electron chi connectivity index (χ4n) is 8.54. The largest absolute Gasteiger partial charge is 0.481 e. The highest BCUT2D eigenvalue weighted by atomic mass is 16.4. The fourth-order valence-corrected chi connectivity index (χ4v) is 8.54. The van der Waals surface area contributed by atoms with E-state index >= 15 is 0 Å². The van der Waals surface area contributed by atoms with Crippen LogP contribution in [0.2, 0.25) is 0 Å². The first-order valence-corrected chi connectivity index (χ1v) is 28.8. The molecule has 11 atom stereocenters. The molecule has 0 saturated heterocycles. The molecule has 0 bridgehead atoms. The van der Waals surface area contributed by atoms with E-state index in [1.165, 1.54) is 13.8 Å². The van der Waals surface area contributed by atoms with Crippen LogP contribution < -0.4 is 70.4 Å². The van der Waals surface area contributed by atoms with E-state index < -0.39 is 231 Å². The van der Waals surface area contributed by atoms with Crippen molar-refractivity contribution in [3.8, 4) is 0 Å². The number of aliphatic carboxylic acids is 4. The fraction of sp³-hybridized carbons (Fsp3) is 0.607. The molecular formula is C56H87N13O20. The molecule has 0 unspecified atom stereocenters. The summed E-state index contributed by atoms with van der Waals surface area (Å²) < 4.78 is 0. The summed E-state index contributed by atoms with van der Waals surface area (Å²) in [5, 5.41) is 62.0. The minimum atomic E-state index is -2.03. The van der Waals surface area contributed by atoms with E-state index in [4.69, 9.17) is 22.3 Å². The van der Waals surface area contributed by atoms with Gasteiger partial charge < -0.3 is 90.8 Å². The first-order chi connectivity index (χ1) is 41.6. The molecule has 20 N–H and O–H groups in total. The summed E-state index contributed by atoms with van der Waals surface area (Å²) in [4.78, 5) is 209. The lowest BCUT2D eigenvalue weighted by atomic mass is 9.96. The predicted octanol–water partition coefficient (Wildman–Crippen LogP) is -3.99. The quantitative estimate of drug-likeness (QED) is 0.0296. The number of rotatable bonds is 43. The smallest absolute Gasteiger partial charge is 0.326 e. The molecule has 496 valence electrons. The zero-order chi connectivity index (χ0) is 67.8. The Morgan fingerprint density at radius 2 is 0.775 bits per heavy atom. The van der Waals surface area contributed by atoms with Crippen molar-refractivity contribution in [2.45, 2.75) is 192 Å². The Bertz CT molecular complexity index is 2680. The molecular weight excluding hydrogens is 1170 g/mol. The number of carbonyl (C=O) groups is 16. The highest BCUT2D eigenvalue weighted by Gasteiger charge is 2.38. The molecule has 0 radical (unpaired) electrons. The molecule has 0 aromatic heterocycles. The van der Waals surface area contributed by atoms with Gasteiger partial charge in [0.05, 0.1) is 13.0 Å². The van der Waals surface area contributed by atoms with Crippen LogP contribution in [-0.4, -0.2) is 182 Å². The van der Waals surface area contributed by atoms with Crippen LogP contribution in [0.25, 0.3) is 0 Å². The van der Waals surface area contributed by atoms with Crippen molar-refractivity contribution in [3.05, 3.63) is 35.9 Å². The highest BCUT2D eigenvalue weighted by Crippen LogP contribution is 2.15. The van der Waals surface area contributed by atoms with Crippen molar-refractivity contribution >= 4 is 94.8 Å². The van der Waals surface area contributed by atoms with Gasteiger partial charge in [-0.15, -0.1) is 0 Å². The van der Waals surface area contributed by atoms with E-state index in [0.29, 0.717) is 5.56 Å². The van der Waals surface area contributed by atoms with Gasteiger partial charge in [-0.05, 0) is 68.8 Å². The molecule has 1 rings (SSSR count). The van der Waals surface area contributed by atoms with E-state index in [9.17, 15) is 92.0 Å². The van der Waals surface area contributed by atoms with E-state index in [2.05, 4.69) is 53.2 Å². The number of primary amides is 2. The number of carboxylic acid groups (broad SMARTS) is 4. The second kappa shape index (κ2) is 39.5. The normalized spacial score (nSPS) is 14.7. The SMILES string of the molecule is CC[C@H](C)[C@H](NC(=O)[C@H](CCC(N)=O)NC(=O)[C@H](CCC(=O)O)NC(=O)[C@H](CC(C)C)NC(=O)[C@H](C)NC(=O)CN)C(=O)N[C@@H](CC(C)C)C(=O)N[C@@H](CCC(N)=O)C(=O)N[C@@H](CC(=O)O)C(=O)N[C@@H](Cc1ccccc1)C(=O)N[C@@H](CCC(=O)O)C(=O)O. The van der Waals surface area contributed by atoms with E-state index in [1.807, 2.05) is 0 Å². The standard InChI is InChI=1S/C56H87N13O20/c1-8-29(6)46(69-50(82)33(15-19-41(59)71)61-48(80)34(16-20-43(73)74)63-51(83)36(22-27(2)3)65-47(79)30(7)60-42(72)26-57)55(87)68-37(23-28(4)5)52(84)62-32(14-18-40(58)70)49(81)67-39(25-45(77)78)54(86)66-38(24-31-12-10-9-11-13-31)53(85)64-35(56(88)89)17-21-44(75)76/h9-13,27-30,32-39,46H,8,14-26,57H2,1-7H3,(H2,58,70)(H2,59,71)(H,60,72)(H,61,80)(H,62,84)(H,63,83)(H,64,85)(H,65,79)(H,66,86)(H,67,81)(H,68,87)(H,69,82)(H,73,74)(H,75,76)(H,77,78)(H,88,89)/t29-,30-,32-,33-,34-,35-,36-,37-,38-,39-,46-/m0/s1. The summed E-state index contributed by atoms with van der Waals surface area (Å²) in [5.74, 6) is -19.8. The molecule has 0 heterocycles. The molecule has 0 aliphatic heterocycles. The predicted molar refractivity (Wildman–Crippen MR) is 313 cm³/mol. The van der Waals surface area contributed by atoms with Gasteiger partial charge in [-0.2, -0.15) is 0 Å². The van der Waals surface area contributed by atoms with Crippen LogP contribution in [0.15, 0.2) is 30.3 Å². The van der Waals surface area contributed by atoms with E-state index in [1.54, 1.807) is 65.0 Å². The first kappa shape index (κ1) is 77.7. The average Bonchev–Trinajstić information content (AvgIpc) is 3.62. The Labute approximate surface area is 513 Å². The van der Waals surface area contributed by atoms with Gasteiger partial charge in [-0.25, -0.2) is 4.79 Å². The number of hydrogen-bond acceptors (Lipinski definition) is 17. The van der Waals surface area contributed by atoms with Gasteiger partial charge in [0.15, 0.2) is 0 Å². The van der Waals surface area contributed by atoms with Crippen molar-refractivity contribution in [2.75, 3.05) is 6.54 Å². The van der Waals surface area contributed by atoms with Crippen LogP contribution >= 0.6 is 0 Å². The molecule has 1 aromatic rings. The minimum absolute atomic E-state index is 0.00534. The summed E-state index contributed by atoms with van der Waals surface area (Å²) in [6, 6.07) is -8.37. The molecule has 1 aromatic carbocycles. The van der Waals surface area contributed by atoms with Gasteiger partial charge in [-0.1, -0.05) is 78.3 Å². The third kappa shape index (κ3) is 30.8. The van der Waals surface area contributed by atoms with Crippen LogP contribution in [0.1, 0.15) is 131 Å². The molecule has 33 heteroatoms. The maximum atomic E-state index is 14.4. The van der Waals surface area contributed by atoms with E-state index in [0.717, 1.165) is 0 Å². The van der Waals surface area contributed by atoms with Crippen molar-refractivity contribution in [2.24, 2.45) is 35.0 Å². The van der Waals surface area contributed by atoms with Crippen LogP contribution in [0.4, 0.5) is 0 Å². The maximum absolute atomic E-state index is 14.4. The number of hydrogen-bond donors (Lipinski definition) is 17. The van der Waals surface area contributed by atoms with E-state index in [-0.39, 0.29) is 31.6 Å². The summed E-state index contributed by atoms with van der Waals surface area (Å²) in [6.07, 6.45) is -6.14. The zero-order valence-electron chi connectivity index (χ0n) is 50.8. The molecule has 12 amide bonds. The first-order valence-electron chi connectivity index (χ1n) is 28.8. The molecule has 89 heavy (non-hydrogen) atoms. The molecule has 33 nitrogen and oxygen atoms in total. The van der Waals surface area contributed by atoms with Gasteiger partial charge in [0.1, 0.15) is 60.4 Å². The molecule has 0 aliphatic rings.